The largest absolute Gasteiger partial charge is 0.376 e. The first-order chi connectivity index (χ1) is 15.0. The second kappa shape index (κ2) is 10.8. The first-order valence-corrected chi connectivity index (χ1v) is 10.9. The predicted molar refractivity (Wildman–Crippen MR) is 124 cm³/mol. The summed E-state index contributed by atoms with van der Waals surface area (Å²) in [5, 5.41) is 8.94. The molecule has 1 fully saturated rings. The third kappa shape index (κ3) is 6.46. The molecule has 0 spiro atoms. The van der Waals surface area contributed by atoms with Gasteiger partial charge in [0.05, 0.1) is 17.3 Å². The number of hydrogen-bond donors (Lipinski definition) is 3. The molecule has 0 unspecified atom stereocenters. The Balaban J connectivity index is 1.53. The van der Waals surface area contributed by atoms with E-state index in [4.69, 9.17) is 11.6 Å². The van der Waals surface area contributed by atoms with Crippen molar-refractivity contribution in [3.63, 3.8) is 0 Å². The van der Waals surface area contributed by atoms with Crippen LogP contribution in [0.15, 0.2) is 42.5 Å². The van der Waals surface area contributed by atoms with E-state index in [1.54, 1.807) is 42.5 Å². The molecule has 0 atom stereocenters. The summed E-state index contributed by atoms with van der Waals surface area (Å²) in [5.41, 5.74) is 2.38. The number of hydrogen-bond acceptors (Lipinski definition) is 4. The lowest BCUT2D eigenvalue weighted by Crippen LogP contribution is -2.27. The van der Waals surface area contributed by atoms with Crippen LogP contribution >= 0.6 is 11.6 Å². The minimum atomic E-state index is -0.281. The highest BCUT2D eigenvalue weighted by Gasteiger charge is 2.19. The quantitative estimate of drug-likeness (QED) is 0.566. The molecule has 31 heavy (non-hydrogen) atoms. The summed E-state index contributed by atoms with van der Waals surface area (Å²) in [4.78, 5) is 38.4. The average Bonchev–Trinajstić information content (AvgIpc) is 3.30. The van der Waals surface area contributed by atoms with Gasteiger partial charge in [0.1, 0.15) is 0 Å². The standard InChI is InChI=1S/C23H27ClN4O3/c1-2-5-21(29)26-18-10-11-19(24)20(14-18)27-22(30)15-25-17-8-6-16(7-9-17)23(31)28-12-3-4-13-28/h6-11,14,25H,2-5,12-13,15H2,1H3,(H,26,29)(H,27,30). The van der Waals surface area contributed by atoms with Crippen molar-refractivity contribution in [2.75, 3.05) is 35.6 Å². The fourth-order valence-corrected chi connectivity index (χ4v) is 3.52. The summed E-state index contributed by atoms with van der Waals surface area (Å²) < 4.78 is 0. The van der Waals surface area contributed by atoms with E-state index < -0.39 is 0 Å². The van der Waals surface area contributed by atoms with Gasteiger partial charge in [0.2, 0.25) is 11.8 Å². The number of rotatable bonds is 8. The lowest BCUT2D eigenvalue weighted by Gasteiger charge is -2.15. The lowest BCUT2D eigenvalue weighted by atomic mass is 10.2. The molecule has 1 heterocycles. The van der Waals surface area contributed by atoms with Crippen LogP contribution in [0.1, 0.15) is 43.0 Å². The first-order valence-electron chi connectivity index (χ1n) is 10.5. The Bertz CT molecular complexity index is 940. The van der Waals surface area contributed by atoms with Gasteiger partial charge < -0.3 is 20.9 Å². The number of benzene rings is 2. The van der Waals surface area contributed by atoms with Gasteiger partial charge in [-0.3, -0.25) is 14.4 Å². The summed E-state index contributed by atoms with van der Waals surface area (Å²) in [5.74, 6) is -0.325. The Labute approximate surface area is 187 Å². The van der Waals surface area contributed by atoms with Gasteiger partial charge in [-0.05, 0) is 61.7 Å². The summed E-state index contributed by atoms with van der Waals surface area (Å²) in [6.07, 6.45) is 3.29. The van der Waals surface area contributed by atoms with Gasteiger partial charge in [-0.25, -0.2) is 0 Å². The Kier molecular flexibility index (Phi) is 7.89. The van der Waals surface area contributed by atoms with Crippen molar-refractivity contribution in [1.29, 1.82) is 0 Å². The highest BCUT2D eigenvalue weighted by molar-refractivity contribution is 6.33. The molecule has 2 aromatic carbocycles. The average molecular weight is 443 g/mol. The monoisotopic (exact) mass is 442 g/mol. The molecule has 164 valence electrons. The van der Waals surface area contributed by atoms with E-state index in [1.165, 1.54) is 0 Å². The fraction of sp³-hybridized carbons (Fsp3) is 0.348. The molecule has 0 saturated carbocycles. The zero-order valence-corrected chi connectivity index (χ0v) is 18.3. The maximum Gasteiger partial charge on any atom is 0.253 e. The molecule has 1 saturated heterocycles. The van der Waals surface area contributed by atoms with Gasteiger partial charge in [0.25, 0.3) is 5.91 Å². The summed E-state index contributed by atoms with van der Waals surface area (Å²) in [7, 11) is 0. The van der Waals surface area contributed by atoms with Gasteiger partial charge >= 0.3 is 0 Å². The van der Waals surface area contributed by atoms with Crippen molar-refractivity contribution < 1.29 is 14.4 Å². The van der Waals surface area contributed by atoms with Crippen molar-refractivity contribution in [2.24, 2.45) is 0 Å². The van der Waals surface area contributed by atoms with Crippen molar-refractivity contribution in [2.45, 2.75) is 32.6 Å². The fourth-order valence-electron chi connectivity index (χ4n) is 3.36. The van der Waals surface area contributed by atoms with Crippen LogP contribution in [-0.2, 0) is 9.59 Å². The molecule has 1 aliphatic rings. The molecule has 3 rings (SSSR count). The minimum absolute atomic E-state index is 0.0299. The van der Waals surface area contributed by atoms with Crippen LogP contribution in [0.5, 0.6) is 0 Å². The topological polar surface area (TPSA) is 90.5 Å². The van der Waals surface area contributed by atoms with E-state index in [9.17, 15) is 14.4 Å². The van der Waals surface area contributed by atoms with Gasteiger partial charge in [0.15, 0.2) is 0 Å². The van der Waals surface area contributed by atoms with E-state index in [1.807, 2.05) is 11.8 Å². The molecule has 0 radical (unpaired) electrons. The van der Waals surface area contributed by atoms with Gasteiger partial charge in [0, 0.05) is 36.4 Å². The number of halogens is 1. The highest BCUT2D eigenvalue weighted by Crippen LogP contribution is 2.26. The maximum atomic E-state index is 12.4. The summed E-state index contributed by atoms with van der Waals surface area (Å²) in [6, 6.07) is 12.0. The molecule has 3 N–H and O–H groups in total. The normalized spacial score (nSPS) is 13.0. The Hall–Kier alpha value is -3.06. The molecule has 0 aliphatic carbocycles. The first kappa shape index (κ1) is 22.6. The van der Waals surface area contributed by atoms with Crippen molar-refractivity contribution in [3.05, 3.63) is 53.1 Å². The number of carbonyl (C=O) groups is 3. The number of nitrogens with zero attached hydrogens (tertiary/aromatic N) is 1. The van der Waals surface area contributed by atoms with Crippen molar-refractivity contribution in [1.82, 2.24) is 4.90 Å². The zero-order chi connectivity index (χ0) is 22.2. The molecule has 7 nitrogen and oxygen atoms in total. The highest BCUT2D eigenvalue weighted by atomic mass is 35.5. The Morgan fingerprint density at radius 2 is 1.61 bits per heavy atom. The van der Waals surface area contributed by atoms with Crippen LogP contribution in [0, 0.1) is 0 Å². The van der Waals surface area contributed by atoms with E-state index in [-0.39, 0.29) is 24.3 Å². The summed E-state index contributed by atoms with van der Waals surface area (Å²) >= 11 is 6.17. The van der Waals surface area contributed by atoms with Gasteiger partial charge in [-0.15, -0.1) is 0 Å². The molecule has 3 amide bonds. The third-order valence-electron chi connectivity index (χ3n) is 4.98. The van der Waals surface area contributed by atoms with Crippen LogP contribution in [-0.4, -0.2) is 42.3 Å². The van der Waals surface area contributed by atoms with Gasteiger partial charge in [-0.1, -0.05) is 18.5 Å². The number of amides is 3. The Morgan fingerprint density at radius 1 is 0.935 bits per heavy atom. The number of anilines is 3. The number of nitrogens with one attached hydrogen (secondary N) is 3. The molecule has 8 heteroatoms. The molecule has 1 aliphatic heterocycles. The summed E-state index contributed by atoms with van der Waals surface area (Å²) in [6.45, 7) is 3.58. The van der Waals surface area contributed by atoms with E-state index >= 15 is 0 Å². The maximum absolute atomic E-state index is 12.4. The second-order valence-electron chi connectivity index (χ2n) is 7.47. The SMILES string of the molecule is CCCC(=O)Nc1ccc(Cl)c(NC(=O)CNc2ccc(C(=O)N3CCCC3)cc2)c1. The van der Waals surface area contributed by atoms with Crippen LogP contribution in [0.4, 0.5) is 17.1 Å². The molecule has 0 aromatic heterocycles. The lowest BCUT2D eigenvalue weighted by molar-refractivity contribution is -0.116. The third-order valence-corrected chi connectivity index (χ3v) is 5.31. The van der Waals surface area contributed by atoms with Crippen LogP contribution in [0.2, 0.25) is 5.02 Å². The van der Waals surface area contributed by atoms with Crippen LogP contribution in [0.3, 0.4) is 0 Å². The van der Waals surface area contributed by atoms with Crippen molar-refractivity contribution in [3.8, 4) is 0 Å². The molecular weight excluding hydrogens is 416 g/mol. The molecule has 2 aromatic rings. The van der Waals surface area contributed by atoms with Crippen molar-refractivity contribution >= 4 is 46.4 Å². The second-order valence-corrected chi connectivity index (χ2v) is 7.88. The zero-order valence-electron chi connectivity index (χ0n) is 17.5. The van der Waals surface area contributed by atoms with Gasteiger partial charge in [-0.2, -0.15) is 0 Å². The number of likely N-dealkylation sites (tertiary alicyclic amines) is 1. The minimum Gasteiger partial charge on any atom is -0.376 e. The molecular formula is C23H27ClN4O3. The number of carbonyl (C=O) groups excluding carboxylic acids is 3. The van der Waals surface area contributed by atoms with E-state index in [0.29, 0.717) is 28.4 Å². The van der Waals surface area contributed by atoms with Crippen LogP contribution < -0.4 is 16.0 Å². The molecule has 0 bridgehead atoms. The Morgan fingerprint density at radius 3 is 2.29 bits per heavy atom. The van der Waals surface area contributed by atoms with E-state index in [2.05, 4.69) is 16.0 Å². The van der Waals surface area contributed by atoms with Crippen LogP contribution in [0.25, 0.3) is 0 Å². The smallest absolute Gasteiger partial charge is 0.253 e. The van der Waals surface area contributed by atoms with E-state index in [0.717, 1.165) is 38.0 Å². The predicted octanol–water partition coefficient (Wildman–Crippen LogP) is 4.37.